The summed E-state index contributed by atoms with van der Waals surface area (Å²) < 4.78 is 4.69. The standard InChI is InChI=1S/C9H8Br2O3/c10-6-2-1-3(7(6)11)5-4(2)8(12)14-9(5)13/h2-7H,1H2/t2-,3+,4-,5+,6-,7+. The van der Waals surface area contributed by atoms with E-state index in [1.165, 1.54) is 0 Å². The van der Waals surface area contributed by atoms with Crippen LogP contribution in [0.2, 0.25) is 0 Å². The molecule has 0 aromatic carbocycles. The first-order chi connectivity index (χ1) is 6.61. The van der Waals surface area contributed by atoms with Crippen molar-refractivity contribution in [3.63, 3.8) is 0 Å². The molecule has 2 bridgehead atoms. The SMILES string of the molecule is O=C1OC(=O)[C@H]2[C@@H]3C[C@@H]([C@@H](Br)[C@H]3Br)[C@@H]12. The normalized spacial score (nSPS) is 55.0. The maximum atomic E-state index is 11.4. The van der Waals surface area contributed by atoms with Gasteiger partial charge in [-0.05, 0) is 18.3 Å². The molecule has 0 spiro atoms. The van der Waals surface area contributed by atoms with E-state index in [1.807, 2.05) is 0 Å². The van der Waals surface area contributed by atoms with Crippen LogP contribution in [0.4, 0.5) is 0 Å². The van der Waals surface area contributed by atoms with E-state index in [9.17, 15) is 9.59 Å². The number of ether oxygens (including phenoxy) is 1. The topological polar surface area (TPSA) is 43.4 Å². The van der Waals surface area contributed by atoms with Gasteiger partial charge >= 0.3 is 11.9 Å². The average Bonchev–Trinajstić information content (AvgIpc) is 2.71. The molecule has 76 valence electrons. The highest BCUT2D eigenvalue weighted by atomic mass is 79.9. The second-order valence-corrected chi connectivity index (χ2v) is 6.36. The molecule has 0 N–H and O–H groups in total. The molecule has 2 aliphatic carbocycles. The van der Waals surface area contributed by atoms with Crippen molar-refractivity contribution in [1.29, 1.82) is 0 Å². The number of esters is 2. The van der Waals surface area contributed by atoms with Gasteiger partial charge in [-0.1, -0.05) is 31.9 Å². The predicted molar refractivity (Wildman–Crippen MR) is 55.1 cm³/mol. The van der Waals surface area contributed by atoms with Crippen molar-refractivity contribution < 1.29 is 14.3 Å². The summed E-state index contributed by atoms with van der Waals surface area (Å²) in [6.07, 6.45) is 0.960. The van der Waals surface area contributed by atoms with Gasteiger partial charge in [0, 0.05) is 9.65 Å². The molecule has 3 fully saturated rings. The molecule has 14 heavy (non-hydrogen) atoms. The van der Waals surface area contributed by atoms with Gasteiger partial charge < -0.3 is 4.74 Å². The van der Waals surface area contributed by atoms with Crippen LogP contribution >= 0.6 is 31.9 Å². The van der Waals surface area contributed by atoms with Crippen LogP contribution in [0.5, 0.6) is 0 Å². The van der Waals surface area contributed by atoms with Crippen molar-refractivity contribution in [1.82, 2.24) is 0 Å². The van der Waals surface area contributed by atoms with E-state index < -0.39 is 0 Å². The Morgan fingerprint density at radius 3 is 1.86 bits per heavy atom. The maximum Gasteiger partial charge on any atom is 0.317 e. The van der Waals surface area contributed by atoms with Crippen LogP contribution in [-0.4, -0.2) is 21.6 Å². The molecule has 1 saturated heterocycles. The zero-order chi connectivity index (χ0) is 10.0. The van der Waals surface area contributed by atoms with Crippen molar-refractivity contribution in [2.45, 2.75) is 16.1 Å². The number of hydrogen-bond donors (Lipinski definition) is 0. The monoisotopic (exact) mass is 322 g/mol. The lowest BCUT2D eigenvalue weighted by molar-refractivity contribution is -0.154. The number of fused-ring (bicyclic) bond motifs is 5. The highest BCUT2D eigenvalue weighted by molar-refractivity contribution is 9.12. The highest BCUT2D eigenvalue weighted by Gasteiger charge is 2.65. The number of halogens is 2. The van der Waals surface area contributed by atoms with Gasteiger partial charge in [-0.3, -0.25) is 9.59 Å². The molecular weight excluding hydrogens is 316 g/mol. The second-order valence-electron chi connectivity index (χ2n) is 4.24. The van der Waals surface area contributed by atoms with Crippen LogP contribution in [-0.2, 0) is 14.3 Å². The van der Waals surface area contributed by atoms with Gasteiger partial charge in [0.2, 0.25) is 0 Å². The number of hydrogen-bond acceptors (Lipinski definition) is 3. The highest BCUT2D eigenvalue weighted by Crippen LogP contribution is 2.59. The first kappa shape index (κ1) is 9.33. The van der Waals surface area contributed by atoms with Gasteiger partial charge in [-0.15, -0.1) is 0 Å². The van der Waals surface area contributed by atoms with E-state index in [1.54, 1.807) is 0 Å². The third-order valence-electron chi connectivity index (χ3n) is 3.72. The Kier molecular flexibility index (Phi) is 1.88. The summed E-state index contributed by atoms with van der Waals surface area (Å²) in [7, 11) is 0. The molecule has 1 aliphatic heterocycles. The lowest BCUT2D eigenvalue weighted by Gasteiger charge is -2.27. The van der Waals surface area contributed by atoms with Crippen LogP contribution in [0.25, 0.3) is 0 Å². The van der Waals surface area contributed by atoms with Crippen molar-refractivity contribution in [3.05, 3.63) is 0 Å². The molecular formula is C9H8Br2O3. The Hall–Kier alpha value is 0.1000. The van der Waals surface area contributed by atoms with Crippen LogP contribution in [0.15, 0.2) is 0 Å². The van der Waals surface area contributed by atoms with Crippen molar-refractivity contribution in [3.8, 4) is 0 Å². The first-order valence-corrected chi connectivity index (χ1v) is 6.48. The second kappa shape index (κ2) is 2.82. The van der Waals surface area contributed by atoms with Crippen LogP contribution in [0.1, 0.15) is 6.42 Å². The molecule has 3 aliphatic rings. The fourth-order valence-electron chi connectivity index (χ4n) is 3.15. The summed E-state index contributed by atoms with van der Waals surface area (Å²) in [5, 5.41) is 0. The average molecular weight is 324 g/mol. The Morgan fingerprint density at radius 1 is 1.00 bits per heavy atom. The van der Waals surface area contributed by atoms with Gasteiger partial charge in [0.25, 0.3) is 0 Å². The van der Waals surface area contributed by atoms with Crippen LogP contribution in [0.3, 0.4) is 0 Å². The zero-order valence-corrected chi connectivity index (χ0v) is 10.3. The zero-order valence-electron chi connectivity index (χ0n) is 7.15. The van der Waals surface area contributed by atoms with Crippen molar-refractivity contribution >= 4 is 43.8 Å². The minimum atomic E-state index is -0.309. The van der Waals surface area contributed by atoms with E-state index >= 15 is 0 Å². The number of rotatable bonds is 0. The summed E-state index contributed by atoms with van der Waals surface area (Å²) in [6, 6.07) is 0. The van der Waals surface area contributed by atoms with Crippen LogP contribution in [0, 0.1) is 23.7 Å². The Morgan fingerprint density at radius 2 is 1.43 bits per heavy atom. The Labute approximate surface area is 97.8 Å². The number of carbonyl (C=O) groups is 2. The quantitative estimate of drug-likeness (QED) is 0.385. The molecule has 0 unspecified atom stereocenters. The molecule has 0 amide bonds. The molecule has 5 heteroatoms. The largest absolute Gasteiger partial charge is 0.393 e. The maximum absolute atomic E-state index is 11.4. The number of carbonyl (C=O) groups excluding carboxylic acids is 2. The summed E-state index contributed by atoms with van der Waals surface area (Å²) in [5.41, 5.74) is 0. The van der Waals surface area contributed by atoms with Gasteiger partial charge in [0.1, 0.15) is 0 Å². The van der Waals surface area contributed by atoms with E-state index in [0.29, 0.717) is 9.65 Å². The Balaban J connectivity index is 2.01. The van der Waals surface area contributed by atoms with E-state index in [-0.39, 0.29) is 35.6 Å². The van der Waals surface area contributed by atoms with Gasteiger partial charge in [-0.2, -0.15) is 0 Å². The Bertz CT molecular complexity index is 300. The summed E-state index contributed by atoms with van der Waals surface area (Å²) in [4.78, 5) is 23.5. The molecule has 0 aromatic rings. The molecule has 3 rings (SSSR count). The minimum absolute atomic E-state index is 0.175. The van der Waals surface area contributed by atoms with Crippen molar-refractivity contribution in [2.24, 2.45) is 23.7 Å². The number of alkyl halides is 2. The lowest BCUT2D eigenvalue weighted by Crippen LogP contribution is -2.37. The van der Waals surface area contributed by atoms with Gasteiger partial charge in [0.15, 0.2) is 0 Å². The summed E-state index contributed by atoms with van der Waals surface area (Å²) >= 11 is 7.16. The third-order valence-corrected chi connectivity index (χ3v) is 6.93. The third kappa shape index (κ3) is 0.927. The fraction of sp³-hybridized carbons (Fsp3) is 0.778. The van der Waals surface area contributed by atoms with Gasteiger partial charge in [0.05, 0.1) is 11.8 Å². The number of cyclic esters (lactones) is 2. The minimum Gasteiger partial charge on any atom is -0.393 e. The van der Waals surface area contributed by atoms with Crippen LogP contribution < -0.4 is 0 Å². The molecule has 6 atom stereocenters. The molecule has 1 heterocycles. The van der Waals surface area contributed by atoms with E-state index in [4.69, 9.17) is 0 Å². The van der Waals surface area contributed by atoms with E-state index in [0.717, 1.165) is 6.42 Å². The molecule has 0 aromatic heterocycles. The summed E-state index contributed by atoms with van der Waals surface area (Å²) in [6.45, 7) is 0. The van der Waals surface area contributed by atoms with Gasteiger partial charge in [-0.25, -0.2) is 0 Å². The molecule has 0 radical (unpaired) electrons. The lowest BCUT2D eigenvalue weighted by atomic mass is 9.81. The van der Waals surface area contributed by atoms with Crippen molar-refractivity contribution in [2.75, 3.05) is 0 Å². The molecule has 2 saturated carbocycles. The summed E-state index contributed by atoms with van der Waals surface area (Å²) in [5.74, 6) is -0.425. The predicted octanol–water partition coefficient (Wildman–Crippen LogP) is 1.48. The fourth-order valence-corrected chi connectivity index (χ4v) is 5.02. The molecule has 3 nitrogen and oxygen atoms in total. The van der Waals surface area contributed by atoms with E-state index in [2.05, 4.69) is 36.6 Å². The first-order valence-electron chi connectivity index (χ1n) is 4.65. The smallest absolute Gasteiger partial charge is 0.317 e.